The molecule has 31 heavy (non-hydrogen) atoms. The molecule has 1 saturated heterocycles. The number of halogens is 1. The van der Waals surface area contributed by atoms with Crippen LogP contribution in [0.15, 0.2) is 57.9 Å². The number of hydrogen-bond donors (Lipinski definition) is 1. The molecule has 0 bridgehead atoms. The number of furan rings is 1. The molecule has 0 saturated carbocycles. The van der Waals surface area contributed by atoms with Crippen molar-refractivity contribution in [2.24, 2.45) is 0 Å². The van der Waals surface area contributed by atoms with Gasteiger partial charge in [-0.2, -0.15) is 0 Å². The van der Waals surface area contributed by atoms with Gasteiger partial charge in [-0.25, -0.2) is 4.39 Å². The van der Waals surface area contributed by atoms with Crippen LogP contribution in [-0.2, 0) is 6.54 Å². The minimum absolute atomic E-state index is 0.0366. The van der Waals surface area contributed by atoms with Crippen molar-refractivity contribution in [2.45, 2.75) is 26.4 Å². The van der Waals surface area contributed by atoms with Gasteiger partial charge in [0, 0.05) is 31.9 Å². The summed E-state index contributed by atoms with van der Waals surface area (Å²) in [6.07, 6.45) is 1.57. The maximum absolute atomic E-state index is 13.6. The lowest BCUT2D eigenvalue weighted by atomic mass is 9.96. The SMILES string of the molecule is CCN1CCN([C@@H](c2ccc(F)cc2)c2c(O)cc(C)n(Cc3ccco3)c2=O)CC1. The highest BCUT2D eigenvalue weighted by atomic mass is 19.1. The van der Waals surface area contributed by atoms with Gasteiger partial charge >= 0.3 is 0 Å². The first-order valence-corrected chi connectivity index (χ1v) is 10.7. The Balaban J connectivity index is 1.80. The molecule has 1 fully saturated rings. The zero-order valence-electron chi connectivity index (χ0n) is 17.9. The molecule has 1 aliphatic heterocycles. The number of rotatable bonds is 6. The largest absolute Gasteiger partial charge is 0.507 e. The third kappa shape index (κ3) is 4.43. The van der Waals surface area contributed by atoms with Crippen molar-refractivity contribution in [3.05, 3.63) is 87.5 Å². The first-order chi connectivity index (χ1) is 15.0. The quantitative estimate of drug-likeness (QED) is 0.656. The fraction of sp³-hybridized carbons (Fsp3) is 0.375. The Hall–Kier alpha value is -2.90. The van der Waals surface area contributed by atoms with Crippen LogP contribution in [0.25, 0.3) is 0 Å². The molecule has 0 aliphatic carbocycles. The molecule has 3 heterocycles. The predicted molar refractivity (Wildman–Crippen MR) is 117 cm³/mol. The van der Waals surface area contributed by atoms with Crippen LogP contribution < -0.4 is 5.56 Å². The second kappa shape index (κ2) is 9.08. The summed E-state index contributed by atoms with van der Waals surface area (Å²) < 4.78 is 20.7. The fourth-order valence-corrected chi connectivity index (χ4v) is 4.32. The molecule has 1 N–H and O–H groups in total. The van der Waals surface area contributed by atoms with E-state index in [1.165, 1.54) is 12.1 Å². The number of nitrogens with zero attached hydrogens (tertiary/aromatic N) is 3. The summed E-state index contributed by atoms with van der Waals surface area (Å²) in [7, 11) is 0. The Morgan fingerprint density at radius 1 is 1.13 bits per heavy atom. The number of pyridine rings is 1. The molecule has 1 aromatic carbocycles. The Kier molecular flexibility index (Phi) is 6.25. The highest BCUT2D eigenvalue weighted by molar-refractivity contribution is 5.41. The van der Waals surface area contributed by atoms with Crippen LogP contribution in [0.5, 0.6) is 5.75 Å². The lowest BCUT2D eigenvalue weighted by Crippen LogP contribution is -2.48. The molecule has 1 atom stereocenters. The summed E-state index contributed by atoms with van der Waals surface area (Å²) in [5.41, 5.74) is 1.48. The Labute approximate surface area is 181 Å². The molecule has 6 nitrogen and oxygen atoms in total. The van der Waals surface area contributed by atoms with E-state index in [1.54, 1.807) is 42.0 Å². The van der Waals surface area contributed by atoms with Gasteiger partial charge in [-0.15, -0.1) is 0 Å². The molecular formula is C24H28FN3O3. The van der Waals surface area contributed by atoms with Gasteiger partial charge in [0.2, 0.25) is 0 Å². The summed E-state index contributed by atoms with van der Waals surface area (Å²) in [5, 5.41) is 10.9. The van der Waals surface area contributed by atoms with E-state index in [9.17, 15) is 14.3 Å². The van der Waals surface area contributed by atoms with E-state index in [4.69, 9.17) is 4.42 Å². The molecule has 164 valence electrons. The molecule has 7 heteroatoms. The second-order valence-electron chi connectivity index (χ2n) is 7.98. The number of hydrogen-bond acceptors (Lipinski definition) is 5. The van der Waals surface area contributed by atoms with Gasteiger partial charge in [-0.3, -0.25) is 9.69 Å². The van der Waals surface area contributed by atoms with Crippen LogP contribution in [0.1, 0.15) is 35.5 Å². The minimum atomic E-state index is -0.462. The smallest absolute Gasteiger partial charge is 0.260 e. The standard InChI is InChI=1S/C24H28FN3O3/c1-3-26-10-12-27(13-11-26)23(18-6-8-19(25)9-7-18)22-21(29)15-17(2)28(24(22)30)16-20-5-4-14-31-20/h4-9,14-15,23,29H,3,10-13,16H2,1-2H3/t23-/m0/s1. The highest BCUT2D eigenvalue weighted by Crippen LogP contribution is 2.33. The van der Waals surface area contributed by atoms with Gasteiger partial charge in [0.05, 0.1) is 24.4 Å². The lowest BCUT2D eigenvalue weighted by molar-refractivity contribution is 0.111. The maximum atomic E-state index is 13.6. The Bertz CT molecular complexity index is 1070. The molecule has 1 aliphatic rings. The van der Waals surface area contributed by atoms with E-state index >= 15 is 0 Å². The number of likely N-dealkylation sites (N-methyl/N-ethyl adjacent to an activating group) is 1. The third-order valence-electron chi connectivity index (χ3n) is 6.10. The van der Waals surface area contributed by atoms with E-state index in [0.717, 1.165) is 38.3 Å². The highest BCUT2D eigenvalue weighted by Gasteiger charge is 2.31. The van der Waals surface area contributed by atoms with Gasteiger partial charge < -0.3 is 19.0 Å². The first kappa shape index (κ1) is 21.3. The van der Waals surface area contributed by atoms with Crippen molar-refractivity contribution in [3.8, 4) is 5.75 Å². The zero-order valence-corrected chi connectivity index (χ0v) is 17.9. The molecule has 0 radical (unpaired) electrons. The zero-order chi connectivity index (χ0) is 22.0. The van der Waals surface area contributed by atoms with E-state index in [0.29, 0.717) is 17.0 Å². The molecule has 0 spiro atoms. The van der Waals surface area contributed by atoms with Gasteiger partial charge in [-0.1, -0.05) is 19.1 Å². The van der Waals surface area contributed by atoms with E-state index in [-0.39, 0.29) is 23.7 Å². The van der Waals surface area contributed by atoms with Crippen LogP contribution in [0.3, 0.4) is 0 Å². The van der Waals surface area contributed by atoms with Crippen LogP contribution >= 0.6 is 0 Å². The summed E-state index contributed by atoms with van der Waals surface area (Å²) >= 11 is 0. The molecule has 0 amide bonds. The van der Waals surface area contributed by atoms with E-state index < -0.39 is 6.04 Å². The average Bonchev–Trinajstić information content (AvgIpc) is 3.28. The topological polar surface area (TPSA) is 61.9 Å². The van der Waals surface area contributed by atoms with Crippen LogP contribution in [0, 0.1) is 12.7 Å². The minimum Gasteiger partial charge on any atom is -0.507 e. The van der Waals surface area contributed by atoms with Crippen molar-refractivity contribution in [1.29, 1.82) is 0 Å². The molecule has 2 aromatic heterocycles. The number of aromatic nitrogens is 1. The van der Waals surface area contributed by atoms with Crippen molar-refractivity contribution in [2.75, 3.05) is 32.7 Å². The second-order valence-corrected chi connectivity index (χ2v) is 7.98. The molecule has 4 rings (SSSR count). The number of piperazine rings is 1. The lowest BCUT2D eigenvalue weighted by Gasteiger charge is -2.39. The first-order valence-electron chi connectivity index (χ1n) is 10.7. The Morgan fingerprint density at radius 3 is 2.45 bits per heavy atom. The fourth-order valence-electron chi connectivity index (χ4n) is 4.32. The maximum Gasteiger partial charge on any atom is 0.260 e. The normalized spacial score (nSPS) is 16.5. The summed E-state index contributed by atoms with van der Waals surface area (Å²) in [6, 6.07) is 11.0. The number of benzene rings is 1. The number of aromatic hydroxyl groups is 1. The molecule has 3 aromatic rings. The van der Waals surface area contributed by atoms with Crippen LogP contribution in [0.4, 0.5) is 4.39 Å². The van der Waals surface area contributed by atoms with Gasteiger partial charge in [0.15, 0.2) is 0 Å². The average molecular weight is 426 g/mol. The molecular weight excluding hydrogens is 397 g/mol. The molecule has 0 unspecified atom stereocenters. The van der Waals surface area contributed by atoms with Gasteiger partial charge in [0.1, 0.15) is 17.3 Å². The predicted octanol–water partition coefficient (Wildman–Crippen LogP) is 3.37. The third-order valence-corrected chi connectivity index (χ3v) is 6.10. The number of aryl methyl sites for hydroxylation is 1. The Morgan fingerprint density at radius 2 is 1.84 bits per heavy atom. The van der Waals surface area contributed by atoms with Gasteiger partial charge in [-0.05, 0) is 49.4 Å². The van der Waals surface area contributed by atoms with Crippen molar-refractivity contribution < 1.29 is 13.9 Å². The van der Waals surface area contributed by atoms with Crippen molar-refractivity contribution in [1.82, 2.24) is 14.4 Å². The van der Waals surface area contributed by atoms with Crippen molar-refractivity contribution >= 4 is 0 Å². The van der Waals surface area contributed by atoms with Crippen LogP contribution in [0.2, 0.25) is 0 Å². The summed E-state index contributed by atoms with van der Waals surface area (Å²) in [5.74, 6) is 0.295. The summed E-state index contributed by atoms with van der Waals surface area (Å²) in [6.45, 7) is 8.43. The van der Waals surface area contributed by atoms with Gasteiger partial charge in [0.25, 0.3) is 5.56 Å². The van der Waals surface area contributed by atoms with Crippen LogP contribution in [-0.4, -0.2) is 52.2 Å². The monoisotopic (exact) mass is 425 g/mol. The van der Waals surface area contributed by atoms with E-state index in [2.05, 4.69) is 16.7 Å². The summed E-state index contributed by atoms with van der Waals surface area (Å²) in [4.78, 5) is 18.2. The van der Waals surface area contributed by atoms with Crippen molar-refractivity contribution in [3.63, 3.8) is 0 Å². The van der Waals surface area contributed by atoms with E-state index in [1.807, 2.05) is 6.07 Å².